The summed E-state index contributed by atoms with van der Waals surface area (Å²) in [5.74, 6) is 2.63. The third-order valence-electron chi connectivity index (χ3n) is 3.19. The molecule has 1 unspecified atom stereocenters. The van der Waals surface area contributed by atoms with E-state index in [1.54, 1.807) is 0 Å². The first-order valence-electron chi connectivity index (χ1n) is 6.50. The number of rotatable bonds is 6. The zero-order chi connectivity index (χ0) is 15.7. The van der Waals surface area contributed by atoms with Crippen LogP contribution in [0.25, 0.3) is 0 Å². The van der Waals surface area contributed by atoms with Crippen LogP contribution in [0.1, 0.15) is 18.9 Å². The summed E-state index contributed by atoms with van der Waals surface area (Å²) in [7, 11) is 1.29. The van der Waals surface area contributed by atoms with Crippen LogP contribution in [0.2, 0.25) is 0 Å². The summed E-state index contributed by atoms with van der Waals surface area (Å²) >= 11 is 1.51. The van der Waals surface area contributed by atoms with Crippen molar-refractivity contribution < 1.29 is 9.53 Å². The smallest absolute Gasteiger partial charge is 0.345 e. The molecule has 0 fully saturated rings. The van der Waals surface area contributed by atoms with Gasteiger partial charge in [0.1, 0.15) is 11.0 Å². The summed E-state index contributed by atoms with van der Waals surface area (Å²) in [5, 5.41) is 9.74. The normalized spacial score (nSPS) is 12.5. The van der Waals surface area contributed by atoms with Crippen molar-refractivity contribution in [2.45, 2.75) is 18.8 Å². The Hall–Kier alpha value is -2.02. The van der Waals surface area contributed by atoms with Crippen LogP contribution in [0, 0.1) is 11.3 Å². The van der Waals surface area contributed by atoms with Crippen LogP contribution in [0.15, 0.2) is 40.9 Å². The second-order valence-electron chi connectivity index (χ2n) is 4.29. The predicted molar refractivity (Wildman–Crippen MR) is 85.4 cm³/mol. The van der Waals surface area contributed by atoms with E-state index < -0.39 is 11.4 Å². The van der Waals surface area contributed by atoms with Gasteiger partial charge < -0.3 is 4.74 Å². The predicted octanol–water partition coefficient (Wildman–Crippen LogP) is 2.95. The molecule has 4 nitrogen and oxygen atoms in total. The minimum Gasteiger partial charge on any atom is -0.465 e. The average Bonchev–Trinajstić information content (AvgIpc) is 2.55. The number of methoxy groups -OCH3 is 1. The number of nitrogens with zero attached hydrogens (tertiary/aromatic N) is 2. The van der Waals surface area contributed by atoms with Crippen molar-refractivity contribution in [3.63, 3.8) is 0 Å². The van der Waals surface area contributed by atoms with Crippen LogP contribution in [-0.4, -0.2) is 31.1 Å². The number of ether oxygens (including phenoxy) is 1. The number of carbonyl (C=O) groups is 1. The largest absolute Gasteiger partial charge is 0.465 e. The number of thioether (sulfide) groups is 1. The fourth-order valence-corrected chi connectivity index (χ4v) is 2.23. The molecule has 0 bridgehead atoms. The molecule has 0 saturated carbocycles. The molecule has 1 atom stereocenters. The van der Waals surface area contributed by atoms with E-state index in [4.69, 9.17) is 4.74 Å². The molecule has 1 rings (SSSR count). The highest BCUT2D eigenvalue weighted by molar-refractivity contribution is 7.98. The Kier molecular flexibility index (Phi) is 6.74. The molecule has 0 heterocycles. The average molecular weight is 302 g/mol. The van der Waals surface area contributed by atoms with Crippen molar-refractivity contribution in [3.8, 4) is 6.07 Å². The molecular formula is C16H18N2O2S. The number of aliphatic imine (C=N–C) groups is 1. The second kappa shape index (κ2) is 8.31. The van der Waals surface area contributed by atoms with E-state index in [0.29, 0.717) is 12.3 Å². The van der Waals surface area contributed by atoms with Gasteiger partial charge in [0, 0.05) is 0 Å². The van der Waals surface area contributed by atoms with E-state index in [1.165, 1.54) is 18.9 Å². The van der Waals surface area contributed by atoms with E-state index in [-0.39, 0.29) is 5.57 Å². The highest BCUT2D eigenvalue weighted by Gasteiger charge is 2.40. The highest BCUT2D eigenvalue weighted by Crippen LogP contribution is 2.34. The first-order valence-corrected chi connectivity index (χ1v) is 7.89. The van der Waals surface area contributed by atoms with E-state index in [9.17, 15) is 10.1 Å². The molecule has 0 aromatic heterocycles. The lowest BCUT2D eigenvalue weighted by atomic mass is 9.73. The maximum atomic E-state index is 12.1. The van der Waals surface area contributed by atoms with Crippen molar-refractivity contribution in [2.24, 2.45) is 4.99 Å². The standard InChI is InChI=1S/C16H18N2O2S/c1-4-16(11-17,13-8-6-5-7-9-13)14(15(19)20-2)10-18-12-21-3/h5-9H,4,12H2,1-3H3. The van der Waals surface area contributed by atoms with Gasteiger partial charge in [0.25, 0.3) is 0 Å². The zero-order valence-corrected chi connectivity index (χ0v) is 13.2. The molecule has 5 heteroatoms. The highest BCUT2D eigenvalue weighted by atomic mass is 32.2. The van der Waals surface area contributed by atoms with Crippen LogP contribution in [0.5, 0.6) is 0 Å². The lowest BCUT2D eigenvalue weighted by Crippen LogP contribution is -2.31. The van der Waals surface area contributed by atoms with E-state index in [2.05, 4.69) is 16.9 Å². The van der Waals surface area contributed by atoms with Gasteiger partial charge in [0.05, 0.1) is 19.1 Å². The number of esters is 1. The van der Waals surface area contributed by atoms with Crippen LogP contribution in [0.4, 0.5) is 0 Å². The van der Waals surface area contributed by atoms with Crippen molar-refractivity contribution >= 4 is 23.6 Å². The molecule has 21 heavy (non-hydrogen) atoms. The molecular weight excluding hydrogens is 284 g/mol. The molecule has 0 spiro atoms. The fraction of sp³-hybridized carbons (Fsp3) is 0.375. The molecule has 0 saturated heterocycles. The number of carbonyl (C=O) groups excluding carboxylic acids is 1. The van der Waals surface area contributed by atoms with Crippen LogP contribution >= 0.6 is 11.8 Å². The van der Waals surface area contributed by atoms with Crippen LogP contribution in [-0.2, 0) is 14.9 Å². The van der Waals surface area contributed by atoms with Gasteiger partial charge in [-0.25, -0.2) is 9.79 Å². The van der Waals surface area contributed by atoms with Gasteiger partial charge in [-0.3, -0.25) is 0 Å². The number of nitriles is 1. The monoisotopic (exact) mass is 302 g/mol. The summed E-state index contributed by atoms with van der Waals surface area (Å²) < 4.78 is 4.82. The first-order chi connectivity index (χ1) is 10.2. The number of hydrogen-bond donors (Lipinski definition) is 0. The Morgan fingerprint density at radius 2 is 2.10 bits per heavy atom. The minimum atomic E-state index is -1.10. The van der Waals surface area contributed by atoms with E-state index in [1.807, 2.05) is 43.5 Å². The molecule has 0 N–H and O–H groups in total. The van der Waals surface area contributed by atoms with Gasteiger partial charge >= 0.3 is 5.97 Å². The summed E-state index contributed by atoms with van der Waals surface area (Å²) in [6, 6.07) is 11.4. The maximum absolute atomic E-state index is 12.1. The lowest BCUT2D eigenvalue weighted by molar-refractivity contribution is -0.136. The van der Waals surface area contributed by atoms with Crippen molar-refractivity contribution in [1.82, 2.24) is 0 Å². The fourth-order valence-electron chi connectivity index (χ4n) is 2.04. The Labute approximate surface area is 129 Å². The van der Waals surface area contributed by atoms with Gasteiger partial charge in [-0.2, -0.15) is 5.26 Å². The van der Waals surface area contributed by atoms with Gasteiger partial charge in [-0.15, -0.1) is 11.8 Å². The third-order valence-corrected chi connectivity index (χ3v) is 3.58. The third kappa shape index (κ3) is 3.75. The topological polar surface area (TPSA) is 62.5 Å². The van der Waals surface area contributed by atoms with Gasteiger partial charge in [0.15, 0.2) is 0 Å². The van der Waals surface area contributed by atoms with Gasteiger partial charge in [-0.1, -0.05) is 37.3 Å². The quantitative estimate of drug-likeness (QED) is 0.460. The second-order valence-corrected chi connectivity index (χ2v) is 5.13. The van der Waals surface area contributed by atoms with Crippen LogP contribution < -0.4 is 0 Å². The first kappa shape index (κ1) is 17.0. The molecule has 0 aliphatic rings. The van der Waals surface area contributed by atoms with E-state index >= 15 is 0 Å². The lowest BCUT2D eigenvalue weighted by Gasteiger charge is -2.25. The Bertz CT molecular complexity index is 586. The number of benzene rings is 1. The van der Waals surface area contributed by atoms with Crippen LogP contribution in [0.3, 0.4) is 0 Å². The summed E-state index contributed by atoms with van der Waals surface area (Å²) in [6.07, 6.45) is 2.33. The molecule has 1 aromatic carbocycles. The minimum absolute atomic E-state index is 0.148. The number of hydrogen-bond acceptors (Lipinski definition) is 5. The van der Waals surface area contributed by atoms with E-state index in [0.717, 1.165) is 5.56 Å². The Morgan fingerprint density at radius 1 is 1.43 bits per heavy atom. The van der Waals surface area contributed by atoms with Gasteiger partial charge in [0.2, 0.25) is 0 Å². The SMILES string of the molecule is CCC(C#N)(C(=C=NCSC)C(=O)OC)c1ccccc1. The molecule has 0 aliphatic carbocycles. The van der Waals surface area contributed by atoms with Gasteiger partial charge in [-0.05, 0) is 24.1 Å². The molecule has 0 amide bonds. The van der Waals surface area contributed by atoms with Crippen molar-refractivity contribution in [1.29, 1.82) is 5.26 Å². The molecule has 0 aliphatic heterocycles. The Morgan fingerprint density at radius 3 is 2.57 bits per heavy atom. The molecule has 110 valence electrons. The van der Waals surface area contributed by atoms with Crippen molar-refractivity contribution in [3.05, 3.63) is 41.5 Å². The summed E-state index contributed by atoms with van der Waals surface area (Å²) in [5.41, 5.74) is -0.214. The summed E-state index contributed by atoms with van der Waals surface area (Å²) in [4.78, 5) is 16.2. The Balaban J connectivity index is 3.51. The zero-order valence-electron chi connectivity index (χ0n) is 12.4. The van der Waals surface area contributed by atoms with Crippen molar-refractivity contribution in [2.75, 3.05) is 19.2 Å². The molecule has 0 radical (unpaired) electrons. The summed E-state index contributed by atoms with van der Waals surface area (Å²) in [6.45, 7) is 1.86. The molecule has 1 aromatic rings. The maximum Gasteiger partial charge on any atom is 0.345 e.